The lowest BCUT2D eigenvalue weighted by atomic mass is 9.87. The predicted molar refractivity (Wildman–Crippen MR) is 93.6 cm³/mol. The predicted octanol–water partition coefficient (Wildman–Crippen LogP) is 4.22. The van der Waals surface area contributed by atoms with Gasteiger partial charge in [-0.15, -0.1) is 0 Å². The molecule has 106 valence electrons. The van der Waals surface area contributed by atoms with Crippen molar-refractivity contribution in [3.8, 4) is 0 Å². The minimum atomic E-state index is -1.28. The molecule has 1 aliphatic heterocycles. The van der Waals surface area contributed by atoms with Gasteiger partial charge in [0.15, 0.2) is 0 Å². The first-order valence-corrected chi connectivity index (χ1v) is 13.9. The van der Waals surface area contributed by atoms with Crippen LogP contribution < -0.4 is 10.4 Å². The Labute approximate surface area is 121 Å². The second kappa shape index (κ2) is 4.32. The van der Waals surface area contributed by atoms with Gasteiger partial charge in [-0.25, -0.2) is 0 Å². The van der Waals surface area contributed by atoms with E-state index in [0.29, 0.717) is 0 Å². The van der Waals surface area contributed by atoms with E-state index in [1.54, 1.807) is 10.8 Å². The van der Waals surface area contributed by atoms with E-state index in [9.17, 15) is 0 Å². The van der Waals surface area contributed by atoms with E-state index in [0.717, 1.165) is 5.54 Å². The Bertz CT molecular complexity index is 492. The van der Waals surface area contributed by atoms with Crippen molar-refractivity contribution in [2.45, 2.75) is 70.9 Å². The topological polar surface area (TPSA) is 0 Å². The first-order chi connectivity index (χ1) is 8.48. The summed E-state index contributed by atoms with van der Waals surface area (Å²) in [5, 5.41) is 3.59. The smallest absolute Gasteiger partial charge is 0.0654 e. The highest BCUT2D eigenvalue weighted by molar-refractivity contribution is 7.04. The van der Waals surface area contributed by atoms with Gasteiger partial charge in [-0.2, -0.15) is 0 Å². The van der Waals surface area contributed by atoms with Crippen LogP contribution in [0.4, 0.5) is 0 Å². The van der Waals surface area contributed by atoms with Gasteiger partial charge in [0.25, 0.3) is 0 Å². The third kappa shape index (κ3) is 2.38. The Hall–Kier alpha value is -0.346. The summed E-state index contributed by atoms with van der Waals surface area (Å²) >= 11 is 0. The summed E-state index contributed by atoms with van der Waals surface area (Å²) in [6, 6.07) is 8.65. The summed E-state index contributed by atoms with van der Waals surface area (Å²) in [5.41, 5.74) is 2.84. The highest BCUT2D eigenvalue weighted by Crippen LogP contribution is 2.36. The van der Waals surface area contributed by atoms with Crippen molar-refractivity contribution in [2.75, 3.05) is 0 Å². The molecule has 1 heterocycles. The average molecular weight is 291 g/mol. The van der Waals surface area contributed by atoms with Gasteiger partial charge in [0.1, 0.15) is 0 Å². The summed E-state index contributed by atoms with van der Waals surface area (Å²) in [6.07, 6.45) is 0. The first kappa shape index (κ1) is 15.1. The molecule has 0 amide bonds. The fourth-order valence-corrected chi connectivity index (χ4v) is 15.0. The molecule has 0 nitrogen and oxygen atoms in total. The molecule has 0 bridgehead atoms. The average Bonchev–Trinajstić information content (AvgIpc) is 2.24. The summed E-state index contributed by atoms with van der Waals surface area (Å²) < 4.78 is 0. The molecule has 0 N–H and O–H groups in total. The van der Waals surface area contributed by atoms with E-state index in [1.807, 2.05) is 5.19 Å². The third-order valence-electron chi connectivity index (χ3n) is 5.29. The second-order valence-corrected chi connectivity index (χ2v) is 18.3. The van der Waals surface area contributed by atoms with Gasteiger partial charge in [-0.05, 0) is 16.5 Å². The lowest BCUT2D eigenvalue weighted by Gasteiger charge is -2.46. The minimum absolute atomic E-state index is 0.278. The van der Waals surface area contributed by atoms with Crippen molar-refractivity contribution in [3.05, 3.63) is 23.8 Å². The van der Waals surface area contributed by atoms with Gasteiger partial charge in [0.2, 0.25) is 0 Å². The zero-order valence-electron chi connectivity index (χ0n) is 14.0. The fraction of sp³-hybridized carbons (Fsp3) is 0.647. The van der Waals surface area contributed by atoms with Crippen LogP contribution in [-0.2, 0) is 5.41 Å². The van der Waals surface area contributed by atoms with E-state index in [1.165, 1.54) is 6.04 Å². The summed E-state index contributed by atoms with van der Waals surface area (Å²) in [6.45, 7) is 20.0. The molecule has 0 aromatic heterocycles. The highest BCUT2D eigenvalue weighted by Gasteiger charge is 2.46. The zero-order valence-corrected chi connectivity index (χ0v) is 16.0. The third-order valence-corrected chi connectivity index (χ3v) is 13.9. The second-order valence-electron chi connectivity index (χ2n) is 8.69. The van der Waals surface area contributed by atoms with Crippen molar-refractivity contribution in [1.29, 1.82) is 0 Å². The lowest BCUT2D eigenvalue weighted by Crippen LogP contribution is -2.67. The minimum Gasteiger partial charge on any atom is -0.0654 e. The SMILES string of the molecule is CC1C[Si](C)(C)c2c(C(C)(C)C)cccc2[Si]1(C)C. The van der Waals surface area contributed by atoms with Crippen molar-refractivity contribution in [1.82, 2.24) is 0 Å². The molecule has 1 aromatic carbocycles. The van der Waals surface area contributed by atoms with Gasteiger partial charge in [-0.3, -0.25) is 0 Å². The van der Waals surface area contributed by atoms with Gasteiger partial charge in [0.05, 0.1) is 16.1 Å². The maximum absolute atomic E-state index is 2.58. The van der Waals surface area contributed by atoms with Crippen LogP contribution in [0.1, 0.15) is 33.3 Å². The molecular weight excluding hydrogens is 260 g/mol. The largest absolute Gasteiger partial charge is 0.0830 e. The van der Waals surface area contributed by atoms with Gasteiger partial charge in [0, 0.05) is 0 Å². The van der Waals surface area contributed by atoms with Crippen LogP contribution in [-0.4, -0.2) is 16.1 Å². The summed E-state index contributed by atoms with van der Waals surface area (Å²) in [4.78, 5) is 0. The zero-order chi connectivity index (χ0) is 14.6. The van der Waals surface area contributed by atoms with Crippen LogP contribution in [0.25, 0.3) is 0 Å². The molecule has 0 radical (unpaired) electrons. The Kier molecular flexibility index (Phi) is 3.42. The quantitative estimate of drug-likeness (QED) is 0.628. The Morgan fingerprint density at radius 3 is 2.16 bits per heavy atom. The Morgan fingerprint density at radius 1 is 1.05 bits per heavy atom. The highest BCUT2D eigenvalue weighted by atomic mass is 28.3. The van der Waals surface area contributed by atoms with Crippen LogP contribution in [0.5, 0.6) is 0 Å². The molecular formula is C17H30Si2. The number of rotatable bonds is 0. The lowest BCUT2D eigenvalue weighted by molar-refractivity contribution is 0.593. The summed E-state index contributed by atoms with van der Waals surface area (Å²) in [5.74, 6) is 0. The van der Waals surface area contributed by atoms with E-state index >= 15 is 0 Å². The van der Waals surface area contributed by atoms with Crippen molar-refractivity contribution in [2.24, 2.45) is 0 Å². The maximum atomic E-state index is 2.58. The van der Waals surface area contributed by atoms with Crippen LogP contribution in [0.2, 0.25) is 37.8 Å². The molecule has 0 spiro atoms. The van der Waals surface area contributed by atoms with E-state index in [-0.39, 0.29) is 5.41 Å². The molecule has 0 saturated heterocycles. The molecule has 1 aromatic rings. The number of hydrogen-bond acceptors (Lipinski definition) is 0. The van der Waals surface area contributed by atoms with Crippen molar-refractivity contribution in [3.63, 3.8) is 0 Å². The monoisotopic (exact) mass is 290 g/mol. The van der Waals surface area contributed by atoms with Crippen LogP contribution >= 0.6 is 0 Å². The van der Waals surface area contributed by atoms with Gasteiger partial charge in [-0.1, -0.05) is 88.5 Å². The van der Waals surface area contributed by atoms with Gasteiger partial charge >= 0.3 is 0 Å². The molecule has 0 aliphatic carbocycles. The van der Waals surface area contributed by atoms with Crippen LogP contribution in [0.15, 0.2) is 18.2 Å². The molecule has 1 atom stereocenters. The molecule has 1 unspecified atom stereocenters. The number of benzene rings is 1. The number of hydrogen-bond donors (Lipinski definition) is 0. The van der Waals surface area contributed by atoms with E-state index < -0.39 is 16.1 Å². The van der Waals surface area contributed by atoms with Crippen molar-refractivity contribution < 1.29 is 0 Å². The fourth-order valence-electron chi connectivity index (χ4n) is 3.83. The van der Waals surface area contributed by atoms with Crippen molar-refractivity contribution >= 4 is 26.5 Å². The first-order valence-electron chi connectivity index (χ1n) is 7.62. The van der Waals surface area contributed by atoms with Crippen LogP contribution in [0.3, 0.4) is 0 Å². The summed E-state index contributed by atoms with van der Waals surface area (Å²) in [7, 11) is -2.56. The Morgan fingerprint density at radius 2 is 1.63 bits per heavy atom. The van der Waals surface area contributed by atoms with E-state index in [2.05, 4.69) is 72.1 Å². The molecule has 0 fully saturated rings. The molecule has 2 heteroatoms. The van der Waals surface area contributed by atoms with Gasteiger partial charge < -0.3 is 0 Å². The Balaban J connectivity index is 2.79. The maximum Gasteiger partial charge on any atom is 0.0830 e. The normalized spacial score (nSPS) is 24.9. The molecule has 2 rings (SSSR count). The molecule has 1 aliphatic rings. The molecule has 19 heavy (non-hydrogen) atoms. The molecule has 0 saturated carbocycles. The standard InChI is InChI=1S/C17H30Si2/c1-13-12-18(5,6)16-14(17(2,3)4)10-9-11-15(16)19(13,7)8/h9-11,13H,12H2,1-8H3. The number of fused-ring (bicyclic) bond motifs is 1. The van der Waals surface area contributed by atoms with Crippen LogP contribution in [0, 0.1) is 0 Å². The van der Waals surface area contributed by atoms with E-state index in [4.69, 9.17) is 0 Å².